The molecule has 6 heteroatoms. The van der Waals surface area contributed by atoms with E-state index in [-0.39, 0.29) is 24.1 Å². The number of benzene rings is 1. The van der Waals surface area contributed by atoms with Crippen LogP contribution in [0.25, 0.3) is 0 Å². The number of aromatic hydroxyl groups is 1. The van der Waals surface area contributed by atoms with Crippen LogP contribution in [-0.4, -0.2) is 38.8 Å². The van der Waals surface area contributed by atoms with Gasteiger partial charge in [-0.05, 0) is 24.7 Å². The lowest BCUT2D eigenvalue weighted by Gasteiger charge is -2.29. The number of carboxylic acids is 1. The summed E-state index contributed by atoms with van der Waals surface area (Å²) in [7, 11) is 0. The zero-order chi connectivity index (χ0) is 14.7. The van der Waals surface area contributed by atoms with E-state index in [0.717, 1.165) is 0 Å². The van der Waals surface area contributed by atoms with Crippen LogP contribution in [0.1, 0.15) is 30.9 Å². The van der Waals surface area contributed by atoms with Crippen LogP contribution in [0.5, 0.6) is 5.75 Å². The van der Waals surface area contributed by atoms with Crippen molar-refractivity contribution in [2.45, 2.75) is 31.3 Å². The molecule has 20 heavy (non-hydrogen) atoms. The summed E-state index contributed by atoms with van der Waals surface area (Å²) in [5, 5.41) is 19.2. The van der Waals surface area contributed by atoms with E-state index in [4.69, 9.17) is 0 Å². The Bertz CT molecular complexity index is 520. The Morgan fingerprint density at radius 2 is 2.00 bits per heavy atom. The number of para-hydroxylation sites is 1. The fraction of sp³-hybridized carbons (Fsp3) is 0.429. The normalized spacial score (nSPS) is 21.9. The molecule has 2 rings (SSSR count). The number of rotatable bonds is 4. The van der Waals surface area contributed by atoms with Crippen molar-refractivity contribution < 1.29 is 19.8 Å². The minimum Gasteiger partial charge on any atom is -0.508 e. The van der Waals surface area contributed by atoms with Crippen molar-refractivity contribution in [2.75, 3.05) is 5.75 Å². The summed E-state index contributed by atoms with van der Waals surface area (Å²) in [6, 6.07) is 5.53. The molecule has 2 unspecified atom stereocenters. The predicted molar refractivity (Wildman–Crippen MR) is 76.8 cm³/mol. The number of hydrogen-bond acceptors (Lipinski definition) is 4. The highest BCUT2D eigenvalue weighted by Gasteiger charge is 2.41. The van der Waals surface area contributed by atoms with Gasteiger partial charge < -0.3 is 15.1 Å². The third-order valence-electron chi connectivity index (χ3n) is 3.58. The third kappa shape index (κ3) is 2.75. The number of phenols is 1. The average Bonchev–Trinajstić information content (AvgIpc) is 2.84. The van der Waals surface area contributed by atoms with Crippen LogP contribution < -0.4 is 0 Å². The van der Waals surface area contributed by atoms with Crippen molar-refractivity contribution in [1.82, 2.24) is 4.90 Å². The Morgan fingerprint density at radius 3 is 2.60 bits per heavy atom. The number of carbonyl (C=O) groups excluding carboxylic acids is 1. The second-order valence-corrected chi connectivity index (χ2v) is 5.23. The molecule has 0 aromatic heterocycles. The maximum absolute atomic E-state index is 12.2. The summed E-state index contributed by atoms with van der Waals surface area (Å²) >= 11 is 4.03. The second kappa shape index (κ2) is 6.17. The van der Waals surface area contributed by atoms with E-state index in [2.05, 4.69) is 12.6 Å². The van der Waals surface area contributed by atoms with Gasteiger partial charge in [-0.25, -0.2) is 4.79 Å². The van der Waals surface area contributed by atoms with E-state index in [0.29, 0.717) is 24.2 Å². The smallest absolute Gasteiger partial charge is 0.326 e. The van der Waals surface area contributed by atoms with Gasteiger partial charge in [-0.2, -0.15) is 12.6 Å². The number of carbonyl (C=O) groups is 2. The lowest BCUT2D eigenvalue weighted by molar-refractivity contribution is -0.149. The Labute approximate surface area is 122 Å². The number of nitrogens with zero attached hydrogens (tertiary/aromatic N) is 1. The number of thiol groups is 1. The molecule has 0 bridgehead atoms. The van der Waals surface area contributed by atoms with E-state index in [1.165, 1.54) is 4.90 Å². The molecule has 1 heterocycles. The number of aliphatic carboxylic acids is 1. The number of carboxylic acid groups (broad SMARTS) is 1. The Balaban J connectivity index is 2.34. The molecule has 1 fully saturated rings. The molecule has 1 saturated heterocycles. The van der Waals surface area contributed by atoms with E-state index >= 15 is 0 Å². The van der Waals surface area contributed by atoms with Crippen molar-refractivity contribution in [3.05, 3.63) is 29.8 Å². The molecular weight excluding hydrogens is 278 g/mol. The van der Waals surface area contributed by atoms with E-state index in [9.17, 15) is 19.8 Å². The summed E-state index contributed by atoms with van der Waals surface area (Å²) in [6.45, 7) is 0. The maximum Gasteiger partial charge on any atom is 0.326 e. The SMILES string of the molecule is O=C(O)C1CCC(c2ccccc2O)N1C(=O)CCS. The van der Waals surface area contributed by atoms with Gasteiger partial charge in [-0.1, -0.05) is 18.2 Å². The molecule has 0 spiro atoms. The minimum absolute atomic E-state index is 0.0900. The first kappa shape index (κ1) is 14.7. The molecule has 2 atom stereocenters. The summed E-state index contributed by atoms with van der Waals surface area (Å²) in [4.78, 5) is 24.9. The number of likely N-dealkylation sites (tertiary alicyclic amines) is 1. The summed E-state index contributed by atoms with van der Waals surface area (Å²) < 4.78 is 0. The van der Waals surface area contributed by atoms with E-state index < -0.39 is 12.0 Å². The molecule has 1 amide bonds. The average molecular weight is 295 g/mol. The van der Waals surface area contributed by atoms with E-state index in [1.807, 2.05) is 0 Å². The monoisotopic (exact) mass is 295 g/mol. The first-order valence-corrected chi connectivity index (χ1v) is 7.12. The molecule has 5 nitrogen and oxygen atoms in total. The van der Waals surface area contributed by atoms with Gasteiger partial charge in [-0.15, -0.1) is 0 Å². The lowest BCUT2D eigenvalue weighted by Crippen LogP contribution is -2.41. The van der Waals surface area contributed by atoms with Gasteiger partial charge in [0, 0.05) is 12.0 Å². The molecule has 0 saturated carbocycles. The van der Waals surface area contributed by atoms with Gasteiger partial charge >= 0.3 is 5.97 Å². The van der Waals surface area contributed by atoms with Crippen LogP contribution in [0.2, 0.25) is 0 Å². The van der Waals surface area contributed by atoms with Crippen molar-refractivity contribution in [1.29, 1.82) is 0 Å². The molecule has 1 aliphatic rings. The molecule has 0 aliphatic carbocycles. The Kier molecular flexibility index (Phi) is 4.54. The van der Waals surface area contributed by atoms with Crippen LogP contribution in [0, 0.1) is 0 Å². The van der Waals surface area contributed by atoms with Gasteiger partial charge in [0.25, 0.3) is 0 Å². The molecule has 1 aromatic rings. The second-order valence-electron chi connectivity index (χ2n) is 4.78. The Morgan fingerprint density at radius 1 is 1.30 bits per heavy atom. The topological polar surface area (TPSA) is 77.8 Å². The lowest BCUT2D eigenvalue weighted by atomic mass is 10.0. The number of amides is 1. The van der Waals surface area contributed by atoms with Gasteiger partial charge in [0.2, 0.25) is 5.91 Å². The van der Waals surface area contributed by atoms with Crippen LogP contribution in [-0.2, 0) is 9.59 Å². The fourth-order valence-electron chi connectivity index (χ4n) is 2.70. The molecule has 1 aromatic carbocycles. The van der Waals surface area contributed by atoms with Crippen LogP contribution in [0.15, 0.2) is 24.3 Å². The standard InChI is InChI=1S/C14H17NO4S/c16-12-4-2-1-3-9(12)10-5-6-11(14(18)19)15(10)13(17)7-8-20/h1-4,10-11,16,20H,5-8H2,(H,18,19). The quantitative estimate of drug-likeness (QED) is 0.741. The molecule has 1 aliphatic heterocycles. The van der Waals surface area contributed by atoms with Gasteiger partial charge in [-0.3, -0.25) is 4.79 Å². The highest BCUT2D eigenvalue weighted by atomic mass is 32.1. The number of hydrogen-bond donors (Lipinski definition) is 3. The van der Waals surface area contributed by atoms with Crippen molar-refractivity contribution in [2.24, 2.45) is 0 Å². The minimum atomic E-state index is -1.00. The molecular formula is C14H17NO4S. The van der Waals surface area contributed by atoms with E-state index in [1.54, 1.807) is 24.3 Å². The van der Waals surface area contributed by atoms with Crippen molar-refractivity contribution in [3.63, 3.8) is 0 Å². The van der Waals surface area contributed by atoms with Gasteiger partial charge in [0.05, 0.1) is 6.04 Å². The molecule has 108 valence electrons. The summed E-state index contributed by atoms with van der Waals surface area (Å²) in [5.41, 5.74) is 0.601. The van der Waals surface area contributed by atoms with Crippen LogP contribution >= 0.6 is 12.6 Å². The largest absolute Gasteiger partial charge is 0.508 e. The zero-order valence-electron chi connectivity index (χ0n) is 10.9. The first-order valence-electron chi connectivity index (χ1n) is 6.49. The summed E-state index contributed by atoms with van der Waals surface area (Å²) in [5.74, 6) is -0.782. The fourth-order valence-corrected chi connectivity index (χ4v) is 2.89. The highest BCUT2D eigenvalue weighted by molar-refractivity contribution is 7.80. The summed E-state index contributed by atoms with van der Waals surface area (Å²) in [6.07, 6.45) is 1.12. The molecule has 2 N–H and O–H groups in total. The Hall–Kier alpha value is -1.69. The van der Waals surface area contributed by atoms with Crippen LogP contribution in [0.3, 0.4) is 0 Å². The van der Waals surface area contributed by atoms with Crippen LogP contribution in [0.4, 0.5) is 0 Å². The van der Waals surface area contributed by atoms with Gasteiger partial charge in [0.15, 0.2) is 0 Å². The van der Waals surface area contributed by atoms with Crippen molar-refractivity contribution >= 4 is 24.5 Å². The predicted octanol–water partition coefficient (Wildman–Crippen LogP) is 1.83. The number of phenolic OH excluding ortho intramolecular Hbond substituents is 1. The first-order chi connectivity index (χ1) is 9.56. The molecule has 0 radical (unpaired) electrons. The van der Waals surface area contributed by atoms with Crippen molar-refractivity contribution in [3.8, 4) is 5.75 Å². The third-order valence-corrected chi connectivity index (χ3v) is 3.80. The van der Waals surface area contributed by atoms with Gasteiger partial charge in [0.1, 0.15) is 11.8 Å². The maximum atomic E-state index is 12.2. The zero-order valence-corrected chi connectivity index (χ0v) is 11.8. The highest BCUT2D eigenvalue weighted by Crippen LogP contribution is 2.40.